The van der Waals surface area contributed by atoms with Gasteiger partial charge in [-0.05, 0) is 29.8 Å². The number of rotatable bonds is 6. The molecule has 0 atom stereocenters. The Morgan fingerprint density at radius 3 is 2.69 bits per heavy atom. The van der Waals surface area contributed by atoms with E-state index in [1.807, 2.05) is 18.2 Å². The Morgan fingerprint density at radius 2 is 1.90 bits per heavy atom. The first-order chi connectivity index (χ1) is 14.0. The molecule has 2 heterocycles. The quantitative estimate of drug-likeness (QED) is 0.476. The monoisotopic (exact) mass is 416 g/mol. The molecule has 148 valence electrons. The number of hydrogen-bond donors (Lipinski definition) is 0. The highest BCUT2D eigenvalue weighted by atomic mass is 32.1. The maximum Gasteiger partial charge on any atom is 0.276 e. The lowest BCUT2D eigenvalue weighted by Crippen LogP contribution is -2.26. The van der Waals surface area contributed by atoms with Crippen molar-refractivity contribution in [3.63, 3.8) is 0 Å². The third-order valence-electron chi connectivity index (χ3n) is 4.14. The van der Waals surface area contributed by atoms with Gasteiger partial charge in [-0.25, -0.2) is 8.78 Å². The van der Waals surface area contributed by atoms with Crippen LogP contribution < -0.4 is 4.74 Å². The predicted octanol–water partition coefficient (Wildman–Crippen LogP) is 3.81. The lowest BCUT2D eigenvalue weighted by Gasteiger charge is -2.15. The summed E-state index contributed by atoms with van der Waals surface area (Å²) in [7, 11) is 1.63. The van der Waals surface area contributed by atoms with E-state index in [-0.39, 0.29) is 24.0 Å². The molecule has 0 fully saturated rings. The molecule has 2 aromatic carbocycles. The molecule has 0 radical (unpaired) electrons. The number of nitrogens with zero attached hydrogens (tertiary/aromatic N) is 4. The van der Waals surface area contributed by atoms with Crippen LogP contribution in [0.25, 0.3) is 11.0 Å². The third kappa shape index (κ3) is 4.06. The number of amides is 1. The Labute approximate surface area is 167 Å². The summed E-state index contributed by atoms with van der Waals surface area (Å²) in [6, 6.07) is 10.4. The van der Waals surface area contributed by atoms with Crippen molar-refractivity contribution in [3.8, 4) is 5.75 Å². The second kappa shape index (κ2) is 7.92. The van der Waals surface area contributed by atoms with Crippen LogP contribution in [-0.4, -0.2) is 31.8 Å². The van der Waals surface area contributed by atoms with Crippen molar-refractivity contribution >= 4 is 28.7 Å². The summed E-state index contributed by atoms with van der Waals surface area (Å²) in [4.78, 5) is 14.0. The van der Waals surface area contributed by atoms with E-state index >= 15 is 0 Å². The minimum atomic E-state index is -0.826. The van der Waals surface area contributed by atoms with Gasteiger partial charge in [0.15, 0.2) is 28.8 Å². The smallest absolute Gasteiger partial charge is 0.276 e. The molecule has 0 saturated carbocycles. The van der Waals surface area contributed by atoms with Crippen molar-refractivity contribution < 1.29 is 22.8 Å². The average Bonchev–Trinajstić information content (AvgIpc) is 3.36. The van der Waals surface area contributed by atoms with Crippen molar-refractivity contribution in [3.05, 3.63) is 71.1 Å². The fourth-order valence-electron chi connectivity index (χ4n) is 2.71. The van der Waals surface area contributed by atoms with Crippen LogP contribution in [-0.2, 0) is 13.2 Å². The minimum absolute atomic E-state index is 0.0662. The molecule has 2 aromatic heterocycles. The molecule has 0 aliphatic carbocycles. The van der Waals surface area contributed by atoms with Gasteiger partial charge >= 0.3 is 0 Å². The lowest BCUT2D eigenvalue weighted by atomic mass is 10.2. The first-order valence-electron chi connectivity index (χ1n) is 8.50. The van der Waals surface area contributed by atoms with Gasteiger partial charge < -0.3 is 14.2 Å². The van der Waals surface area contributed by atoms with Gasteiger partial charge in [0.25, 0.3) is 5.91 Å². The maximum absolute atomic E-state index is 13.6. The van der Waals surface area contributed by atoms with Gasteiger partial charge in [-0.2, -0.15) is 8.75 Å². The fourth-order valence-corrected chi connectivity index (χ4v) is 3.23. The molecule has 4 aromatic rings. The molecule has 0 unspecified atom stereocenters. The van der Waals surface area contributed by atoms with E-state index in [9.17, 15) is 13.6 Å². The molecular weight excluding hydrogens is 402 g/mol. The third-order valence-corrected chi connectivity index (χ3v) is 4.70. The van der Waals surface area contributed by atoms with E-state index in [4.69, 9.17) is 9.26 Å². The number of benzene rings is 2. The van der Waals surface area contributed by atoms with Crippen LogP contribution in [0.15, 0.2) is 47.0 Å². The average molecular weight is 416 g/mol. The van der Waals surface area contributed by atoms with Crippen molar-refractivity contribution in [2.24, 2.45) is 0 Å². The highest BCUT2D eigenvalue weighted by Gasteiger charge is 2.19. The van der Waals surface area contributed by atoms with Gasteiger partial charge in [0, 0.05) is 19.7 Å². The molecule has 0 aliphatic rings. The molecule has 10 heteroatoms. The van der Waals surface area contributed by atoms with Crippen molar-refractivity contribution in [2.45, 2.75) is 13.2 Å². The summed E-state index contributed by atoms with van der Waals surface area (Å²) in [5.41, 5.74) is 2.54. The molecule has 29 heavy (non-hydrogen) atoms. The summed E-state index contributed by atoms with van der Waals surface area (Å²) >= 11 is 1.13. The van der Waals surface area contributed by atoms with Crippen molar-refractivity contribution in [1.82, 2.24) is 18.8 Å². The van der Waals surface area contributed by atoms with Crippen LogP contribution in [0.4, 0.5) is 8.78 Å². The number of aromatic nitrogens is 3. The van der Waals surface area contributed by atoms with E-state index in [1.54, 1.807) is 7.05 Å². The molecule has 7 nitrogen and oxygen atoms in total. The largest absolute Gasteiger partial charge is 0.479 e. The van der Waals surface area contributed by atoms with Crippen LogP contribution in [0.5, 0.6) is 5.75 Å². The first-order valence-corrected chi connectivity index (χ1v) is 9.23. The molecule has 0 bridgehead atoms. The molecule has 4 rings (SSSR count). The molecule has 0 spiro atoms. The summed E-state index contributed by atoms with van der Waals surface area (Å²) < 4.78 is 45.7. The van der Waals surface area contributed by atoms with Crippen LogP contribution >= 0.6 is 11.7 Å². The summed E-state index contributed by atoms with van der Waals surface area (Å²) in [5.74, 6) is -2.37. The number of carbonyl (C=O) groups excluding carboxylic acids is 1. The van der Waals surface area contributed by atoms with E-state index < -0.39 is 17.4 Å². The molecule has 0 aliphatic heterocycles. The topological polar surface area (TPSA) is 81.4 Å². The number of fused-ring (bicyclic) bond motifs is 1. The second-order valence-electron chi connectivity index (χ2n) is 6.27. The zero-order chi connectivity index (χ0) is 20.4. The van der Waals surface area contributed by atoms with E-state index in [0.717, 1.165) is 40.5 Å². The summed E-state index contributed by atoms with van der Waals surface area (Å²) in [5, 5.41) is 3.72. The van der Waals surface area contributed by atoms with Crippen LogP contribution in [0.1, 0.15) is 21.8 Å². The fraction of sp³-hybridized carbons (Fsp3) is 0.158. The Morgan fingerprint density at radius 1 is 1.14 bits per heavy atom. The second-order valence-corrected chi connectivity index (χ2v) is 6.79. The van der Waals surface area contributed by atoms with Gasteiger partial charge in [-0.15, -0.1) is 0 Å². The highest BCUT2D eigenvalue weighted by molar-refractivity contribution is 7.00. The normalized spacial score (nSPS) is 11.0. The van der Waals surface area contributed by atoms with E-state index in [0.29, 0.717) is 6.54 Å². The van der Waals surface area contributed by atoms with Crippen molar-refractivity contribution in [2.75, 3.05) is 7.05 Å². The Kier molecular flexibility index (Phi) is 5.17. The maximum atomic E-state index is 13.6. The SMILES string of the molecule is CN(Cc1ccc2nsnc2c1)C(=O)c1cc(COc2c(F)cccc2F)on1. The van der Waals surface area contributed by atoms with Gasteiger partial charge in [0.1, 0.15) is 17.6 Å². The predicted molar refractivity (Wildman–Crippen MR) is 100 cm³/mol. The Hall–Kier alpha value is -3.40. The standard InChI is InChI=1S/C19H14F2N4O3S/c1-25(9-11-5-6-15-16(7-11)24-29-23-15)19(26)17-8-12(28-22-17)10-27-18-13(20)3-2-4-14(18)21/h2-8H,9-10H2,1H3. The van der Waals surface area contributed by atoms with Crippen LogP contribution in [0.2, 0.25) is 0 Å². The number of ether oxygens (including phenoxy) is 1. The van der Waals surface area contributed by atoms with Crippen molar-refractivity contribution in [1.29, 1.82) is 0 Å². The summed E-state index contributed by atoms with van der Waals surface area (Å²) in [6.07, 6.45) is 0. The number of para-hydroxylation sites is 1. The first kappa shape index (κ1) is 18.9. The van der Waals surface area contributed by atoms with Gasteiger partial charge in [-0.3, -0.25) is 4.79 Å². The van der Waals surface area contributed by atoms with Gasteiger partial charge in [0.05, 0.1) is 11.7 Å². The number of hydrogen-bond acceptors (Lipinski definition) is 7. The van der Waals surface area contributed by atoms with Gasteiger partial charge in [-0.1, -0.05) is 17.3 Å². The molecule has 1 amide bonds. The molecule has 0 N–H and O–H groups in total. The highest BCUT2D eigenvalue weighted by Crippen LogP contribution is 2.22. The lowest BCUT2D eigenvalue weighted by molar-refractivity contribution is 0.0774. The van der Waals surface area contributed by atoms with Crippen LogP contribution in [0.3, 0.4) is 0 Å². The zero-order valence-electron chi connectivity index (χ0n) is 15.1. The van der Waals surface area contributed by atoms with E-state index in [1.165, 1.54) is 17.0 Å². The molecule has 0 saturated heterocycles. The zero-order valence-corrected chi connectivity index (χ0v) is 15.9. The summed E-state index contributed by atoms with van der Waals surface area (Å²) in [6.45, 7) is 0.0702. The number of halogens is 2. The minimum Gasteiger partial charge on any atom is -0.479 e. The van der Waals surface area contributed by atoms with Gasteiger partial charge in [0.2, 0.25) is 0 Å². The van der Waals surface area contributed by atoms with Crippen LogP contribution in [0, 0.1) is 11.6 Å². The Bertz CT molecular complexity index is 1160. The van der Waals surface area contributed by atoms with E-state index in [2.05, 4.69) is 13.9 Å². The number of carbonyl (C=O) groups is 1. The Balaban J connectivity index is 1.40. The molecular formula is C19H14F2N4O3S.